The van der Waals surface area contributed by atoms with Crippen molar-refractivity contribution < 1.29 is 24.2 Å². The summed E-state index contributed by atoms with van der Waals surface area (Å²) in [5.74, 6) is -2.37. The fourth-order valence-electron chi connectivity index (χ4n) is 3.54. The Balaban J connectivity index is 1.89. The highest BCUT2D eigenvalue weighted by Crippen LogP contribution is 2.43. The van der Waals surface area contributed by atoms with E-state index in [0.717, 1.165) is 0 Å². The van der Waals surface area contributed by atoms with E-state index in [0.29, 0.717) is 26.8 Å². The van der Waals surface area contributed by atoms with Crippen LogP contribution in [0.15, 0.2) is 59.9 Å². The first kappa shape index (κ1) is 19.8. The number of carbonyl (C=O) groups excluding carboxylic acids is 2. The first-order chi connectivity index (χ1) is 14.3. The Morgan fingerprint density at radius 2 is 1.70 bits per heavy atom. The van der Waals surface area contributed by atoms with Crippen molar-refractivity contribution in [2.24, 2.45) is 0 Å². The van der Waals surface area contributed by atoms with Crippen LogP contribution < -0.4 is 4.90 Å². The van der Waals surface area contributed by atoms with Gasteiger partial charge in [0.1, 0.15) is 11.6 Å². The van der Waals surface area contributed by atoms with E-state index in [2.05, 4.69) is 4.98 Å². The van der Waals surface area contributed by atoms with Crippen molar-refractivity contribution in [2.45, 2.75) is 19.9 Å². The van der Waals surface area contributed by atoms with Crippen molar-refractivity contribution in [1.82, 2.24) is 4.98 Å². The van der Waals surface area contributed by atoms with E-state index in [1.165, 1.54) is 52.6 Å². The first-order valence-corrected chi connectivity index (χ1v) is 9.89. The zero-order chi connectivity index (χ0) is 21.6. The molecule has 0 radical (unpaired) electrons. The number of rotatable bonds is 4. The minimum Gasteiger partial charge on any atom is -0.508 e. The van der Waals surface area contributed by atoms with Crippen molar-refractivity contribution in [2.75, 3.05) is 4.90 Å². The minimum absolute atomic E-state index is 0.0198. The number of ketones is 1. The van der Waals surface area contributed by atoms with Crippen LogP contribution in [0.5, 0.6) is 5.75 Å². The van der Waals surface area contributed by atoms with E-state index in [4.69, 9.17) is 0 Å². The van der Waals surface area contributed by atoms with E-state index < -0.39 is 29.3 Å². The van der Waals surface area contributed by atoms with Gasteiger partial charge >= 0.3 is 0 Å². The fraction of sp³-hybridized carbons (Fsp3) is 0.136. The SMILES string of the molecule is Cc1nc(C)c(C(=O)C2=C(O)C(=O)N(c3ccc(F)cc3)C2c2ccc(O)cc2)s1. The van der Waals surface area contributed by atoms with Crippen LogP contribution in [0.1, 0.15) is 32.0 Å². The van der Waals surface area contributed by atoms with Crippen LogP contribution in [0.25, 0.3) is 0 Å². The summed E-state index contributed by atoms with van der Waals surface area (Å²) in [5.41, 5.74) is 1.27. The summed E-state index contributed by atoms with van der Waals surface area (Å²) in [6.45, 7) is 3.46. The van der Waals surface area contributed by atoms with Gasteiger partial charge in [-0.3, -0.25) is 14.5 Å². The molecule has 0 saturated heterocycles. The third-order valence-corrected chi connectivity index (χ3v) is 5.95. The summed E-state index contributed by atoms with van der Waals surface area (Å²) in [6, 6.07) is 10.3. The lowest BCUT2D eigenvalue weighted by Gasteiger charge is -2.27. The van der Waals surface area contributed by atoms with Crippen molar-refractivity contribution in [1.29, 1.82) is 0 Å². The third-order valence-electron chi connectivity index (χ3n) is 4.88. The molecule has 152 valence electrons. The number of amides is 1. The zero-order valence-corrected chi connectivity index (χ0v) is 16.9. The number of hydrogen-bond donors (Lipinski definition) is 2. The predicted molar refractivity (Wildman–Crippen MR) is 110 cm³/mol. The molecular formula is C22H17FN2O4S. The summed E-state index contributed by atoms with van der Waals surface area (Å²) < 4.78 is 13.4. The average Bonchev–Trinajstić information content (AvgIpc) is 3.19. The van der Waals surface area contributed by atoms with Gasteiger partial charge in [-0.2, -0.15) is 0 Å². The van der Waals surface area contributed by atoms with E-state index in [-0.39, 0.29) is 11.3 Å². The van der Waals surface area contributed by atoms with Gasteiger partial charge in [0, 0.05) is 5.69 Å². The van der Waals surface area contributed by atoms with Gasteiger partial charge in [-0.25, -0.2) is 9.37 Å². The van der Waals surface area contributed by atoms with Gasteiger partial charge in [-0.15, -0.1) is 11.3 Å². The number of aliphatic hydroxyl groups is 1. The molecule has 1 amide bonds. The Morgan fingerprint density at radius 1 is 1.07 bits per heavy atom. The second-order valence-electron chi connectivity index (χ2n) is 6.88. The molecule has 2 aromatic carbocycles. The Labute approximate surface area is 175 Å². The second-order valence-corrected chi connectivity index (χ2v) is 8.09. The molecule has 1 atom stereocenters. The van der Waals surface area contributed by atoms with Gasteiger partial charge in [0.05, 0.1) is 27.2 Å². The maximum atomic E-state index is 13.4. The molecule has 3 aromatic rings. The maximum absolute atomic E-state index is 13.4. The number of aliphatic hydroxyl groups excluding tert-OH is 1. The first-order valence-electron chi connectivity index (χ1n) is 9.08. The van der Waals surface area contributed by atoms with Crippen molar-refractivity contribution >= 4 is 28.7 Å². The number of aromatic nitrogens is 1. The van der Waals surface area contributed by atoms with E-state index in [9.17, 15) is 24.2 Å². The second kappa shape index (κ2) is 7.38. The van der Waals surface area contributed by atoms with Crippen molar-refractivity contribution in [3.8, 4) is 5.75 Å². The van der Waals surface area contributed by atoms with E-state index in [1.807, 2.05) is 0 Å². The molecule has 1 aromatic heterocycles. The number of benzene rings is 2. The number of aryl methyl sites for hydroxylation is 2. The third kappa shape index (κ3) is 3.25. The molecule has 4 rings (SSSR count). The molecule has 0 spiro atoms. The zero-order valence-electron chi connectivity index (χ0n) is 16.1. The largest absolute Gasteiger partial charge is 0.508 e. The molecule has 0 aliphatic carbocycles. The number of carbonyl (C=O) groups is 2. The highest BCUT2D eigenvalue weighted by atomic mass is 32.1. The topological polar surface area (TPSA) is 90.7 Å². The number of thiazole rings is 1. The summed E-state index contributed by atoms with van der Waals surface area (Å²) in [4.78, 5) is 32.2. The molecule has 1 aliphatic rings. The van der Waals surface area contributed by atoms with Crippen LogP contribution in [-0.4, -0.2) is 26.9 Å². The number of phenolic OH excluding ortho intramolecular Hbond substituents is 1. The van der Waals surface area contributed by atoms with Gasteiger partial charge < -0.3 is 10.2 Å². The highest BCUT2D eigenvalue weighted by molar-refractivity contribution is 7.14. The molecular weight excluding hydrogens is 407 g/mol. The van der Waals surface area contributed by atoms with Crippen LogP contribution in [0, 0.1) is 19.7 Å². The number of hydrogen-bond acceptors (Lipinski definition) is 6. The quantitative estimate of drug-likeness (QED) is 0.607. The molecule has 0 saturated carbocycles. The lowest BCUT2D eigenvalue weighted by atomic mass is 9.94. The summed E-state index contributed by atoms with van der Waals surface area (Å²) in [5, 5.41) is 21.0. The smallest absolute Gasteiger partial charge is 0.294 e. The average molecular weight is 424 g/mol. The van der Waals surface area contributed by atoms with Crippen LogP contribution in [-0.2, 0) is 4.79 Å². The van der Waals surface area contributed by atoms with Crippen LogP contribution >= 0.6 is 11.3 Å². The standard InChI is InChI=1S/C22H17FN2O4S/c1-11-21(30-12(2)24-11)19(27)17-18(13-3-9-16(26)10-4-13)25(22(29)20(17)28)15-7-5-14(23)6-8-15/h3-10,18,26,28H,1-2H3. The fourth-order valence-corrected chi connectivity index (χ4v) is 4.42. The van der Waals surface area contributed by atoms with Crippen LogP contribution in [0.4, 0.5) is 10.1 Å². The lowest BCUT2D eigenvalue weighted by Crippen LogP contribution is -2.31. The molecule has 0 bridgehead atoms. The monoisotopic (exact) mass is 424 g/mol. The molecule has 2 heterocycles. The molecule has 6 nitrogen and oxygen atoms in total. The molecule has 2 N–H and O–H groups in total. The molecule has 1 unspecified atom stereocenters. The number of aromatic hydroxyl groups is 1. The summed E-state index contributed by atoms with van der Waals surface area (Å²) in [7, 11) is 0. The van der Waals surface area contributed by atoms with Gasteiger partial charge in [-0.05, 0) is 55.8 Å². The van der Waals surface area contributed by atoms with Crippen molar-refractivity contribution in [3.05, 3.63) is 86.8 Å². The van der Waals surface area contributed by atoms with Gasteiger partial charge in [0.15, 0.2) is 5.76 Å². The molecule has 30 heavy (non-hydrogen) atoms. The summed E-state index contributed by atoms with van der Waals surface area (Å²) >= 11 is 1.19. The normalized spacial score (nSPS) is 16.4. The Kier molecular flexibility index (Phi) is 4.87. The maximum Gasteiger partial charge on any atom is 0.294 e. The van der Waals surface area contributed by atoms with Gasteiger partial charge in [-0.1, -0.05) is 12.1 Å². The Morgan fingerprint density at radius 3 is 2.27 bits per heavy atom. The minimum atomic E-state index is -0.946. The van der Waals surface area contributed by atoms with Crippen LogP contribution in [0.2, 0.25) is 0 Å². The highest BCUT2D eigenvalue weighted by Gasteiger charge is 2.45. The summed E-state index contributed by atoms with van der Waals surface area (Å²) in [6.07, 6.45) is 0. The van der Waals surface area contributed by atoms with Crippen LogP contribution in [0.3, 0.4) is 0 Å². The predicted octanol–water partition coefficient (Wildman–Crippen LogP) is 4.39. The van der Waals surface area contributed by atoms with Gasteiger partial charge in [0.2, 0.25) is 5.78 Å². The number of phenols is 1. The lowest BCUT2D eigenvalue weighted by molar-refractivity contribution is -0.117. The Hall–Kier alpha value is -3.52. The number of anilines is 1. The Bertz CT molecular complexity index is 1180. The number of halogens is 1. The molecule has 1 aliphatic heterocycles. The van der Waals surface area contributed by atoms with E-state index >= 15 is 0 Å². The molecule has 0 fully saturated rings. The number of Topliss-reactive ketones (excluding diaryl/α,β-unsaturated/α-hetero) is 1. The molecule has 8 heteroatoms. The van der Waals surface area contributed by atoms with E-state index in [1.54, 1.807) is 26.0 Å². The van der Waals surface area contributed by atoms with Crippen molar-refractivity contribution in [3.63, 3.8) is 0 Å². The number of nitrogens with zero attached hydrogens (tertiary/aromatic N) is 2. The van der Waals surface area contributed by atoms with Gasteiger partial charge in [0.25, 0.3) is 5.91 Å².